The minimum Gasteiger partial charge on any atom is -0.461 e. The molecule has 3 rings (SSSR count). The Balaban J connectivity index is 2.05. The predicted octanol–water partition coefficient (Wildman–Crippen LogP) is 1.76. The third-order valence-electron chi connectivity index (χ3n) is 4.05. The van der Waals surface area contributed by atoms with Gasteiger partial charge in [-0.3, -0.25) is 9.59 Å². The number of ketones is 1. The van der Waals surface area contributed by atoms with Crippen LogP contribution in [0.5, 0.6) is 0 Å². The van der Waals surface area contributed by atoms with E-state index in [1.807, 2.05) is 0 Å². The summed E-state index contributed by atoms with van der Waals surface area (Å²) in [7, 11) is 0. The van der Waals surface area contributed by atoms with Crippen LogP contribution in [-0.4, -0.2) is 17.9 Å². The van der Waals surface area contributed by atoms with E-state index in [4.69, 9.17) is 4.74 Å². The highest BCUT2D eigenvalue weighted by Gasteiger charge is 2.53. The fourth-order valence-corrected chi connectivity index (χ4v) is 3.31. The SMILES string of the molecule is O=C1C=C2CCC[C@H]3OC(=O)C[C@@]23CC1. The molecule has 2 atom stereocenters. The van der Waals surface area contributed by atoms with E-state index in [-0.39, 0.29) is 23.3 Å². The van der Waals surface area contributed by atoms with Gasteiger partial charge < -0.3 is 4.74 Å². The van der Waals surface area contributed by atoms with Crippen LogP contribution in [0.25, 0.3) is 0 Å². The van der Waals surface area contributed by atoms with Gasteiger partial charge in [0.1, 0.15) is 6.10 Å². The van der Waals surface area contributed by atoms with E-state index in [0.717, 1.165) is 25.7 Å². The van der Waals surface area contributed by atoms with Crippen LogP contribution in [-0.2, 0) is 14.3 Å². The van der Waals surface area contributed by atoms with Crippen molar-refractivity contribution in [1.82, 2.24) is 0 Å². The molecular formula is C12H14O3. The molecular weight excluding hydrogens is 192 g/mol. The first-order valence-corrected chi connectivity index (χ1v) is 5.64. The molecule has 1 heterocycles. The summed E-state index contributed by atoms with van der Waals surface area (Å²) in [4.78, 5) is 22.8. The van der Waals surface area contributed by atoms with E-state index < -0.39 is 0 Å². The third-order valence-corrected chi connectivity index (χ3v) is 4.05. The smallest absolute Gasteiger partial charge is 0.307 e. The number of hydrogen-bond acceptors (Lipinski definition) is 3. The number of carbonyl (C=O) groups is 2. The predicted molar refractivity (Wildman–Crippen MR) is 53.1 cm³/mol. The van der Waals surface area contributed by atoms with Crippen molar-refractivity contribution < 1.29 is 14.3 Å². The molecule has 0 aromatic heterocycles. The van der Waals surface area contributed by atoms with E-state index in [1.54, 1.807) is 6.08 Å². The highest BCUT2D eigenvalue weighted by molar-refractivity contribution is 5.92. The lowest BCUT2D eigenvalue weighted by atomic mass is 9.62. The molecule has 1 aliphatic heterocycles. The molecule has 0 aromatic carbocycles. The van der Waals surface area contributed by atoms with E-state index in [9.17, 15) is 9.59 Å². The summed E-state index contributed by atoms with van der Waals surface area (Å²) < 4.78 is 5.37. The minimum absolute atomic E-state index is 0.0538. The molecule has 80 valence electrons. The Kier molecular flexibility index (Phi) is 1.79. The van der Waals surface area contributed by atoms with Crippen molar-refractivity contribution in [3.8, 4) is 0 Å². The molecule has 3 heteroatoms. The van der Waals surface area contributed by atoms with Gasteiger partial charge in [0.15, 0.2) is 5.78 Å². The van der Waals surface area contributed by atoms with Gasteiger partial charge in [-0.2, -0.15) is 0 Å². The molecule has 0 unspecified atom stereocenters. The van der Waals surface area contributed by atoms with Crippen LogP contribution in [0.15, 0.2) is 11.6 Å². The summed E-state index contributed by atoms with van der Waals surface area (Å²) in [6, 6.07) is 0. The number of ether oxygens (including phenoxy) is 1. The van der Waals surface area contributed by atoms with Crippen molar-refractivity contribution in [2.75, 3.05) is 0 Å². The molecule has 3 nitrogen and oxygen atoms in total. The number of allylic oxidation sites excluding steroid dienone is 1. The van der Waals surface area contributed by atoms with Crippen LogP contribution in [0.3, 0.4) is 0 Å². The zero-order chi connectivity index (χ0) is 10.5. The first-order valence-electron chi connectivity index (χ1n) is 5.64. The second-order valence-corrected chi connectivity index (χ2v) is 4.84. The first-order chi connectivity index (χ1) is 7.21. The monoisotopic (exact) mass is 206 g/mol. The summed E-state index contributed by atoms with van der Waals surface area (Å²) in [5.74, 6) is 0.137. The summed E-state index contributed by atoms with van der Waals surface area (Å²) in [6.45, 7) is 0. The van der Waals surface area contributed by atoms with Crippen LogP contribution in [0, 0.1) is 5.41 Å². The number of esters is 1. The van der Waals surface area contributed by atoms with E-state index in [0.29, 0.717) is 12.8 Å². The Bertz CT molecular complexity index is 369. The number of carbonyl (C=O) groups excluding carboxylic acids is 2. The molecule has 3 aliphatic rings. The van der Waals surface area contributed by atoms with Crippen LogP contribution < -0.4 is 0 Å². The average molecular weight is 206 g/mol. The van der Waals surface area contributed by atoms with Crippen LogP contribution in [0.1, 0.15) is 38.5 Å². The highest BCUT2D eigenvalue weighted by Crippen LogP contribution is 2.53. The van der Waals surface area contributed by atoms with Gasteiger partial charge >= 0.3 is 5.97 Å². The Hall–Kier alpha value is -1.12. The Labute approximate surface area is 88.5 Å². The van der Waals surface area contributed by atoms with Gasteiger partial charge in [-0.1, -0.05) is 5.57 Å². The van der Waals surface area contributed by atoms with Crippen molar-refractivity contribution in [3.63, 3.8) is 0 Å². The van der Waals surface area contributed by atoms with Gasteiger partial charge in [-0.05, 0) is 31.8 Å². The first kappa shape index (κ1) is 9.13. The number of hydrogen-bond donors (Lipinski definition) is 0. The topological polar surface area (TPSA) is 43.4 Å². The van der Waals surface area contributed by atoms with Crippen molar-refractivity contribution in [3.05, 3.63) is 11.6 Å². The lowest BCUT2D eigenvalue weighted by molar-refractivity contribution is -0.142. The summed E-state index contributed by atoms with van der Waals surface area (Å²) in [5.41, 5.74) is 1.09. The van der Waals surface area contributed by atoms with Crippen LogP contribution in [0.2, 0.25) is 0 Å². The quantitative estimate of drug-likeness (QED) is 0.567. The second kappa shape index (κ2) is 2.94. The van der Waals surface area contributed by atoms with E-state index in [1.165, 1.54) is 5.57 Å². The van der Waals surface area contributed by atoms with Crippen molar-refractivity contribution in [2.45, 2.75) is 44.6 Å². The lowest BCUT2D eigenvalue weighted by Gasteiger charge is -2.41. The minimum atomic E-state index is -0.0940. The maximum absolute atomic E-state index is 11.4. The zero-order valence-corrected chi connectivity index (χ0v) is 8.62. The maximum Gasteiger partial charge on any atom is 0.307 e. The van der Waals surface area contributed by atoms with Gasteiger partial charge in [0.05, 0.1) is 6.42 Å². The van der Waals surface area contributed by atoms with E-state index in [2.05, 4.69) is 0 Å². The Morgan fingerprint density at radius 2 is 2.20 bits per heavy atom. The molecule has 0 N–H and O–H groups in total. The molecule has 1 saturated carbocycles. The fraction of sp³-hybridized carbons (Fsp3) is 0.667. The maximum atomic E-state index is 11.4. The normalized spacial score (nSPS) is 39.2. The van der Waals surface area contributed by atoms with Gasteiger partial charge in [0, 0.05) is 11.8 Å². The molecule has 15 heavy (non-hydrogen) atoms. The molecule has 0 aromatic rings. The van der Waals surface area contributed by atoms with Crippen LogP contribution >= 0.6 is 0 Å². The molecule has 0 radical (unpaired) electrons. The highest BCUT2D eigenvalue weighted by atomic mass is 16.6. The van der Waals surface area contributed by atoms with E-state index >= 15 is 0 Å². The summed E-state index contributed by atoms with van der Waals surface area (Å²) in [6.07, 6.45) is 6.70. The van der Waals surface area contributed by atoms with Crippen molar-refractivity contribution in [2.24, 2.45) is 5.41 Å². The van der Waals surface area contributed by atoms with Crippen LogP contribution in [0.4, 0.5) is 0 Å². The number of rotatable bonds is 0. The van der Waals surface area contributed by atoms with Gasteiger partial charge in [0.25, 0.3) is 0 Å². The fourth-order valence-electron chi connectivity index (χ4n) is 3.31. The molecule has 1 spiro atoms. The Morgan fingerprint density at radius 3 is 3.07 bits per heavy atom. The zero-order valence-electron chi connectivity index (χ0n) is 8.62. The molecule has 2 fully saturated rings. The molecule has 0 bridgehead atoms. The Morgan fingerprint density at radius 1 is 1.33 bits per heavy atom. The molecule has 2 aliphatic carbocycles. The van der Waals surface area contributed by atoms with Gasteiger partial charge in [0.2, 0.25) is 0 Å². The summed E-state index contributed by atoms with van der Waals surface area (Å²) in [5, 5.41) is 0. The largest absolute Gasteiger partial charge is 0.461 e. The standard InChI is InChI=1S/C12H14O3/c13-9-4-5-12-7-11(14)15-10(12)3-1-2-8(12)6-9/h6,10H,1-5,7H2/t10-,12+/m1/s1. The van der Waals surface area contributed by atoms with Crippen molar-refractivity contribution in [1.29, 1.82) is 0 Å². The average Bonchev–Trinajstić information content (AvgIpc) is 2.52. The molecule has 0 amide bonds. The lowest BCUT2D eigenvalue weighted by Crippen LogP contribution is -2.39. The third kappa shape index (κ3) is 1.18. The van der Waals surface area contributed by atoms with Gasteiger partial charge in [-0.25, -0.2) is 0 Å². The second-order valence-electron chi connectivity index (χ2n) is 4.84. The summed E-state index contributed by atoms with van der Waals surface area (Å²) >= 11 is 0. The van der Waals surface area contributed by atoms with Crippen molar-refractivity contribution >= 4 is 11.8 Å². The van der Waals surface area contributed by atoms with Gasteiger partial charge in [-0.15, -0.1) is 0 Å². The molecule has 1 saturated heterocycles.